The van der Waals surface area contributed by atoms with Gasteiger partial charge in [-0.3, -0.25) is 4.90 Å². The number of benzene rings is 2. The van der Waals surface area contributed by atoms with Gasteiger partial charge in [-0.1, -0.05) is 48.5 Å². The van der Waals surface area contributed by atoms with Crippen molar-refractivity contribution in [3.8, 4) is 0 Å². The van der Waals surface area contributed by atoms with E-state index in [1.54, 1.807) is 0 Å². The Balaban J connectivity index is 1.26. The fourth-order valence-corrected chi connectivity index (χ4v) is 6.28. The normalized spacial score (nSPS) is 26.4. The van der Waals surface area contributed by atoms with E-state index in [-0.39, 0.29) is 42.8 Å². The molecule has 4 unspecified atom stereocenters. The van der Waals surface area contributed by atoms with Crippen LogP contribution in [0.4, 0.5) is 15.3 Å². The Bertz CT molecular complexity index is 1170. The summed E-state index contributed by atoms with van der Waals surface area (Å²) < 4.78 is 5.77. The van der Waals surface area contributed by atoms with E-state index in [1.807, 2.05) is 58.3 Å². The molecule has 2 saturated carbocycles. The molecule has 8 heteroatoms. The van der Waals surface area contributed by atoms with Gasteiger partial charge in [0.1, 0.15) is 12.6 Å². The highest BCUT2D eigenvalue weighted by atomic mass is 16.6. The summed E-state index contributed by atoms with van der Waals surface area (Å²) in [5, 5.41) is 9.51. The predicted octanol–water partition coefficient (Wildman–Crippen LogP) is 4.28. The minimum atomic E-state index is -0.937. The zero-order valence-corrected chi connectivity index (χ0v) is 20.2. The molecule has 4 aliphatic rings. The summed E-state index contributed by atoms with van der Waals surface area (Å²) in [6, 6.07) is 16.8. The molecule has 188 valence electrons. The number of carbonyl (C=O) groups is 3. The van der Waals surface area contributed by atoms with Crippen LogP contribution >= 0.6 is 0 Å². The first-order valence-corrected chi connectivity index (χ1v) is 12.9. The molecule has 0 bridgehead atoms. The Morgan fingerprint density at radius 1 is 0.944 bits per heavy atom. The Hall–Kier alpha value is -3.55. The molecule has 0 aromatic heterocycles. The molecule has 1 N–H and O–H groups in total. The molecule has 2 aromatic carbocycles. The van der Waals surface area contributed by atoms with Gasteiger partial charge in [0, 0.05) is 30.6 Å². The van der Waals surface area contributed by atoms with Crippen LogP contribution in [0.2, 0.25) is 0 Å². The van der Waals surface area contributed by atoms with Crippen LogP contribution < -0.4 is 4.90 Å². The summed E-state index contributed by atoms with van der Waals surface area (Å²) in [6.07, 6.45) is 4.40. The molecule has 3 amide bonds. The highest BCUT2D eigenvalue weighted by molar-refractivity contribution is 5.90. The highest BCUT2D eigenvalue weighted by Crippen LogP contribution is 2.47. The monoisotopic (exact) mass is 489 g/mol. The van der Waals surface area contributed by atoms with E-state index in [2.05, 4.69) is 6.07 Å². The van der Waals surface area contributed by atoms with E-state index in [0.29, 0.717) is 13.0 Å². The van der Waals surface area contributed by atoms with Crippen LogP contribution in [-0.4, -0.2) is 63.7 Å². The van der Waals surface area contributed by atoms with E-state index in [4.69, 9.17) is 4.74 Å². The van der Waals surface area contributed by atoms with E-state index < -0.39 is 12.0 Å². The van der Waals surface area contributed by atoms with Crippen LogP contribution in [0, 0.1) is 5.92 Å². The van der Waals surface area contributed by atoms with Crippen LogP contribution in [0.15, 0.2) is 54.6 Å². The number of hydrogen-bond acceptors (Lipinski definition) is 4. The van der Waals surface area contributed by atoms with Crippen LogP contribution in [0.3, 0.4) is 0 Å². The van der Waals surface area contributed by atoms with Crippen LogP contribution in [0.1, 0.15) is 43.2 Å². The summed E-state index contributed by atoms with van der Waals surface area (Å²) in [4.78, 5) is 43.9. The largest absolute Gasteiger partial charge is 0.480 e. The Morgan fingerprint density at radius 3 is 2.39 bits per heavy atom. The van der Waals surface area contributed by atoms with E-state index in [9.17, 15) is 19.5 Å². The molecular formula is C28H31N3O5. The van der Waals surface area contributed by atoms with Crippen LogP contribution in [0.5, 0.6) is 0 Å². The third-order valence-electron chi connectivity index (χ3n) is 8.26. The standard InChI is InChI=1S/C28H31N3O5/c32-26(33)25-14-15-29(25)27(34)30(20-10-11-20)23-12-13-24-21(23)16-19-8-4-5-9-22(19)31(24)28(35)36-17-18-6-2-1-3-7-18/h1-9,20-21,23-25H,10-17H2,(H,32,33). The summed E-state index contributed by atoms with van der Waals surface area (Å²) in [5.41, 5.74) is 2.90. The quantitative estimate of drug-likeness (QED) is 0.677. The average Bonchev–Trinajstić information content (AvgIpc) is 3.61. The number of carbonyl (C=O) groups excluding carboxylic acids is 2. The molecule has 2 aliphatic carbocycles. The second-order valence-electron chi connectivity index (χ2n) is 10.4. The van der Waals surface area contributed by atoms with E-state index in [1.165, 1.54) is 4.90 Å². The number of nitrogens with zero attached hydrogens (tertiary/aromatic N) is 3. The first-order chi connectivity index (χ1) is 17.5. The number of amides is 3. The Kier molecular flexibility index (Phi) is 5.82. The third-order valence-corrected chi connectivity index (χ3v) is 8.26. The maximum atomic E-state index is 13.6. The summed E-state index contributed by atoms with van der Waals surface area (Å²) in [5.74, 6) is -0.855. The molecule has 36 heavy (non-hydrogen) atoms. The number of aliphatic carboxylic acids is 1. The minimum absolute atomic E-state index is 0.0252. The van der Waals surface area contributed by atoms with Gasteiger partial charge in [-0.15, -0.1) is 0 Å². The van der Waals surface area contributed by atoms with Crippen molar-refractivity contribution in [3.63, 3.8) is 0 Å². The lowest BCUT2D eigenvalue weighted by atomic mass is 9.85. The van der Waals surface area contributed by atoms with Gasteiger partial charge < -0.3 is 19.6 Å². The van der Waals surface area contributed by atoms with Gasteiger partial charge in [0.25, 0.3) is 0 Å². The fraction of sp³-hybridized carbons (Fsp3) is 0.464. The topological polar surface area (TPSA) is 90.4 Å². The van der Waals surface area contributed by atoms with Gasteiger partial charge in [0.05, 0.1) is 5.69 Å². The number of fused-ring (bicyclic) bond motifs is 2. The van der Waals surface area contributed by atoms with Gasteiger partial charge in [-0.25, -0.2) is 14.4 Å². The molecule has 0 spiro atoms. The number of likely N-dealkylation sites (tertiary alicyclic amines) is 1. The first-order valence-electron chi connectivity index (χ1n) is 12.9. The van der Waals surface area contributed by atoms with Crippen molar-refractivity contribution in [2.45, 2.75) is 69.3 Å². The van der Waals surface area contributed by atoms with Crippen molar-refractivity contribution < 1.29 is 24.2 Å². The van der Waals surface area contributed by atoms with Gasteiger partial charge in [-0.2, -0.15) is 0 Å². The minimum Gasteiger partial charge on any atom is -0.480 e. The molecule has 6 rings (SSSR count). The molecule has 0 radical (unpaired) electrons. The molecule has 3 fully saturated rings. The number of rotatable bonds is 5. The van der Waals surface area contributed by atoms with Crippen molar-refractivity contribution in [1.29, 1.82) is 0 Å². The summed E-state index contributed by atoms with van der Waals surface area (Å²) in [6.45, 7) is 0.692. The van der Waals surface area contributed by atoms with E-state index >= 15 is 0 Å². The lowest BCUT2D eigenvalue weighted by Gasteiger charge is -2.46. The lowest BCUT2D eigenvalue weighted by Crippen LogP contribution is -2.62. The van der Waals surface area contributed by atoms with Crippen molar-refractivity contribution in [2.24, 2.45) is 5.92 Å². The second kappa shape index (κ2) is 9.15. The average molecular weight is 490 g/mol. The molecule has 2 heterocycles. The number of carboxylic acids is 1. The number of ether oxygens (including phenoxy) is 1. The van der Waals surface area contributed by atoms with Crippen molar-refractivity contribution in [2.75, 3.05) is 11.4 Å². The highest BCUT2D eigenvalue weighted by Gasteiger charge is 2.53. The molecule has 8 nitrogen and oxygen atoms in total. The summed E-state index contributed by atoms with van der Waals surface area (Å²) in [7, 11) is 0. The molecular weight excluding hydrogens is 458 g/mol. The smallest absolute Gasteiger partial charge is 0.414 e. The predicted molar refractivity (Wildman–Crippen MR) is 133 cm³/mol. The SMILES string of the molecule is O=C(O)C1CCN1C(=O)N(C1CC1)C1CCC2C1Cc1ccccc1N2C(=O)OCc1ccccc1. The number of urea groups is 1. The van der Waals surface area contributed by atoms with Gasteiger partial charge in [-0.05, 0) is 55.7 Å². The lowest BCUT2D eigenvalue weighted by molar-refractivity contribution is -0.146. The number of carboxylic acid groups (broad SMARTS) is 1. The van der Waals surface area contributed by atoms with Crippen molar-refractivity contribution in [3.05, 3.63) is 65.7 Å². The second-order valence-corrected chi connectivity index (χ2v) is 10.4. The van der Waals surface area contributed by atoms with Crippen LogP contribution in [-0.2, 0) is 22.6 Å². The molecule has 2 aliphatic heterocycles. The van der Waals surface area contributed by atoms with Crippen LogP contribution in [0.25, 0.3) is 0 Å². The maximum absolute atomic E-state index is 13.6. The van der Waals surface area contributed by atoms with Crippen molar-refractivity contribution >= 4 is 23.8 Å². The molecule has 2 aromatic rings. The number of para-hydroxylation sites is 1. The van der Waals surface area contributed by atoms with E-state index in [0.717, 1.165) is 48.9 Å². The zero-order valence-electron chi connectivity index (χ0n) is 20.2. The number of anilines is 1. The van der Waals surface area contributed by atoms with Crippen molar-refractivity contribution in [1.82, 2.24) is 9.80 Å². The molecule has 1 saturated heterocycles. The molecule has 4 atom stereocenters. The number of hydrogen-bond donors (Lipinski definition) is 1. The van der Waals surface area contributed by atoms with Gasteiger partial charge in [0.15, 0.2) is 0 Å². The maximum Gasteiger partial charge on any atom is 0.414 e. The Labute approximate surface area is 210 Å². The fourth-order valence-electron chi connectivity index (χ4n) is 6.28. The summed E-state index contributed by atoms with van der Waals surface area (Å²) >= 11 is 0. The van der Waals surface area contributed by atoms with Gasteiger partial charge in [0.2, 0.25) is 0 Å². The van der Waals surface area contributed by atoms with Gasteiger partial charge >= 0.3 is 18.1 Å². The zero-order chi connectivity index (χ0) is 24.8. The third kappa shape index (κ3) is 3.98. The Morgan fingerprint density at radius 2 is 1.69 bits per heavy atom. The first kappa shape index (κ1) is 22.9.